The summed E-state index contributed by atoms with van der Waals surface area (Å²) in [5, 5.41) is 15.0. The first-order chi connectivity index (χ1) is 17.7. The summed E-state index contributed by atoms with van der Waals surface area (Å²) in [6.07, 6.45) is 7.96. The minimum atomic E-state index is 0.00587. The van der Waals surface area contributed by atoms with Crippen LogP contribution < -0.4 is 10.6 Å². The third kappa shape index (κ3) is 5.03. The van der Waals surface area contributed by atoms with Crippen LogP contribution in [0.1, 0.15) is 71.2 Å². The van der Waals surface area contributed by atoms with Crippen LogP contribution in [0.2, 0.25) is 0 Å². The van der Waals surface area contributed by atoms with Gasteiger partial charge in [0, 0.05) is 40.9 Å². The lowest BCUT2D eigenvalue weighted by atomic mass is 9.86. The van der Waals surface area contributed by atoms with Crippen molar-refractivity contribution in [2.75, 3.05) is 18.4 Å². The number of ketones is 1. The zero-order chi connectivity index (χ0) is 24.7. The third-order valence-corrected chi connectivity index (χ3v) is 6.87. The highest BCUT2D eigenvalue weighted by Gasteiger charge is 2.29. The number of amides is 1. The van der Waals surface area contributed by atoms with E-state index in [0.29, 0.717) is 0 Å². The Kier molecular flexibility index (Phi) is 7.41. The fourth-order valence-electron chi connectivity index (χ4n) is 4.98. The van der Waals surface area contributed by atoms with Crippen molar-refractivity contribution >= 4 is 28.3 Å². The first-order valence-electron chi connectivity index (χ1n) is 13.0. The summed E-state index contributed by atoms with van der Waals surface area (Å²) in [4.78, 5) is 25.3. The number of hydrogen-bond acceptors (Lipinski definition) is 4. The number of benzene rings is 3. The first-order valence-corrected chi connectivity index (χ1v) is 13.0. The van der Waals surface area contributed by atoms with Crippen molar-refractivity contribution in [1.29, 1.82) is 0 Å². The van der Waals surface area contributed by atoms with E-state index in [1.54, 1.807) is 0 Å². The number of nitrogens with one attached hydrogen (secondary N) is 3. The Morgan fingerprint density at radius 3 is 2.25 bits per heavy atom. The fraction of sp³-hybridized carbons (Fsp3) is 0.300. The van der Waals surface area contributed by atoms with Crippen LogP contribution in [0.15, 0.2) is 66.7 Å². The highest BCUT2D eigenvalue weighted by Crippen LogP contribution is 2.40. The van der Waals surface area contributed by atoms with Crippen molar-refractivity contribution in [2.24, 2.45) is 0 Å². The highest BCUT2D eigenvalue weighted by atomic mass is 16.1. The summed E-state index contributed by atoms with van der Waals surface area (Å²) < 4.78 is 0. The number of rotatable bonds is 12. The Hall–Kier alpha value is -3.93. The van der Waals surface area contributed by atoms with E-state index in [4.69, 9.17) is 0 Å². The van der Waals surface area contributed by atoms with Crippen molar-refractivity contribution in [1.82, 2.24) is 15.5 Å². The number of carbonyl (C=O) groups excluding carboxylic acids is 2. The lowest BCUT2D eigenvalue weighted by molar-refractivity contribution is 0.0952. The van der Waals surface area contributed by atoms with Crippen LogP contribution >= 0.6 is 0 Å². The molecule has 4 aromatic rings. The third-order valence-electron chi connectivity index (χ3n) is 6.87. The molecule has 1 aromatic heterocycles. The number of fused-ring (bicyclic) bond motifs is 2. The van der Waals surface area contributed by atoms with E-state index < -0.39 is 0 Å². The van der Waals surface area contributed by atoms with E-state index in [0.717, 1.165) is 83.3 Å². The van der Waals surface area contributed by atoms with E-state index in [9.17, 15) is 9.59 Å². The minimum Gasteiger partial charge on any atom is -0.384 e. The van der Waals surface area contributed by atoms with Gasteiger partial charge in [0.15, 0.2) is 5.78 Å². The lowest BCUT2D eigenvalue weighted by Gasteiger charge is -2.19. The van der Waals surface area contributed by atoms with Gasteiger partial charge >= 0.3 is 0 Å². The molecule has 0 unspecified atom stereocenters. The Balaban J connectivity index is 1.01. The minimum absolute atomic E-state index is 0.00587. The molecule has 0 saturated carbocycles. The van der Waals surface area contributed by atoms with Crippen molar-refractivity contribution in [2.45, 2.75) is 44.9 Å². The van der Waals surface area contributed by atoms with Crippen LogP contribution in [-0.2, 0) is 0 Å². The zero-order valence-electron chi connectivity index (χ0n) is 20.5. The van der Waals surface area contributed by atoms with Gasteiger partial charge in [0.25, 0.3) is 5.91 Å². The summed E-state index contributed by atoms with van der Waals surface area (Å²) in [6.45, 7) is 1.57. The smallest absolute Gasteiger partial charge is 0.251 e. The largest absolute Gasteiger partial charge is 0.384 e. The number of anilines is 1. The van der Waals surface area contributed by atoms with Crippen LogP contribution in [0, 0.1) is 0 Å². The zero-order valence-corrected chi connectivity index (χ0v) is 20.5. The second-order valence-electron chi connectivity index (χ2n) is 9.38. The Morgan fingerprint density at radius 1 is 0.750 bits per heavy atom. The molecule has 0 spiro atoms. The molecule has 0 saturated heterocycles. The molecule has 5 rings (SSSR count). The van der Waals surface area contributed by atoms with E-state index in [-0.39, 0.29) is 11.7 Å². The van der Waals surface area contributed by atoms with Gasteiger partial charge in [-0.25, -0.2) is 0 Å². The van der Waals surface area contributed by atoms with Crippen LogP contribution in [0.25, 0.3) is 22.2 Å². The second-order valence-corrected chi connectivity index (χ2v) is 9.38. The number of H-pyrrole nitrogens is 1. The van der Waals surface area contributed by atoms with Crippen LogP contribution in [0.4, 0.5) is 5.69 Å². The molecule has 36 heavy (non-hydrogen) atoms. The Morgan fingerprint density at radius 2 is 1.44 bits per heavy atom. The summed E-state index contributed by atoms with van der Waals surface area (Å²) in [5.41, 5.74) is 5.71. The predicted molar refractivity (Wildman–Crippen MR) is 145 cm³/mol. The summed E-state index contributed by atoms with van der Waals surface area (Å²) >= 11 is 0. The first kappa shape index (κ1) is 23.8. The molecule has 1 amide bonds. The number of carbonyl (C=O) groups is 2. The average Bonchev–Trinajstić information content (AvgIpc) is 3.35. The molecule has 0 bridgehead atoms. The maximum atomic E-state index is 13.3. The average molecular weight is 481 g/mol. The topological polar surface area (TPSA) is 86.9 Å². The molecule has 0 aliphatic heterocycles. The molecule has 6 heteroatoms. The van der Waals surface area contributed by atoms with Gasteiger partial charge in [-0.1, -0.05) is 74.6 Å². The van der Waals surface area contributed by atoms with Gasteiger partial charge in [0.05, 0.1) is 11.1 Å². The number of nitrogens with zero attached hydrogens (tertiary/aromatic N) is 1. The number of aromatic amines is 1. The molecular formula is C30H32N4O2. The molecule has 1 aliphatic carbocycles. The molecule has 0 atom stereocenters. The molecule has 3 aromatic carbocycles. The van der Waals surface area contributed by atoms with Gasteiger partial charge in [0.2, 0.25) is 0 Å². The number of hydrogen-bond donors (Lipinski definition) is 3. The van der Waals surface area contributed by atoms with Crippen LogP contribution in [-0.4, -0.2) is 35.0 Å². The van der Waals surface area contributed by atoms with Crippen LogP contribution in [0.3, 0.4) is 0 Å². The quantitative estimate of drug-likeness (QED) is 0.182. The maximum absolute atomic E-state index is 13.3. The van der Waals surface area contributed by atoms with Crippen molar-refractivity contribution in [3.05, 3.63) is 83.4 Å². The standard InChI is InChI=1S/C30H32N4O2/c35-29-23-16-12-18-25-26(23)28(34-33-25)22-15-11-17-24(27(22)29)31-19-9-4-2-1-3-5-10-20-32-30(36)21-13-7-6-8-14-21/h6-8,11-18,31H,1-5,9-10,19-20H2,(H,32,36)(H,33,34). The maximum Gasteiger partial charge on any atom is 0.251 e. The van der Waals surface area contributed by atoms with Gasteiger partial charge in [-0.2, -0.15) is 5.10 Å². The van der Waals surface area contributed by atoms with Crippen molar-refractivity contribution < 1.29 is 9.59 Å². The summed E-state index contributed by atoms with van der Waals surface area (Å²) in [5.74, 6) is 0.0684. The van der Waals surface area contributed by atoms with Gasteiger partial charge < -0.3 is 10.6 Å². The predicted octanol–water partition coefficient (Wildman–Crippen LogP) is 6.35. The molecule has 0 fully saturated rings. The molecule has 6 nitrogen and oxygen atoms in total. The summed E-state index contributed by atoms with van der Waals surface area (Å²) in [6, 6.07) is 21.1. The number of unbranched alkanes of at least 4 members (excludes halogenated alkanes) is 6. The second kappa shape index (κ2) is 11.2. The SMILES string of the molecule is O=C(NCCCCCCCCCNc1cccc2c1C(=O)c1cccc3[nH]nc-2c13)c1ccccc1. The van der Waals surface area contributed by atoms with Crippen LogP contribution in [0.5, 0.6) is 0 Å². The molecule has 184 valence electrons. The Bertz CT molecular complexity index is 1360. The molecule has 3 N–H and O–H groups in total. The van der Waals surface area contributed by atoms with Gasteiger partial charge in [-0.15, -0.1) is 0 Å². The fourth-order valence-corrected chi connectivity index (χ4v) is 4.98. The molecule has 0 radical (unpaired) electrons. The normalized spacial score (nSPS) is 11.9. The van der Waals surface area contributed by atoms with Gasteiger partial charge in [0.1, 0.15) is 5.69 Å². The summed E-state index contributed by atoms with van der Waals surface area (Å²) in [7, 11) is 0. The van der Waals surface area contributed by atoms with E-state index in [1.807, 2.05) is 66.7 Å². The lowest BCUT2D eigenvalue weighted by Crippen LogP contribution is -2.24. The molecule has 1 heterocycles. The molecule has 1 aliphatic rings. The van der Waals surface area contributed by atoms with Crippen molar-refractivity contribution in [3.8, 4) is 11.3 Å². The van der Waals surface area contributed by atoms with E-state index >= 15 is 0 Å². The van der Waals surface area contributed by atoms with E-state index in [2.05, 4.69) is 20.8 Å². The highest BCUT2D eigenvalue weighted by molar-refractivity contribution is 6.27. The molecular weight excluding hydrogens is 448 g/mol. The Labute approximate surface area is 211 Å². The van der Waals surface area contributed by atoms with Crippen molar-refractivity contribution in [3.63, 3.8) is 0 Å². The van der Waals surface area contributed by atoms with Gasteiger partial charge in [-0.3, -0.25) is 14.7 Å². The van der Waals surface area contributed by atoms with E-state index in [1.165, 1.54) is 19.3 Å². The van der Waals surface area contributed by atoms with Gasteiger partial charge in [-0.05, 0) is 37.1 Å². The monoisotopic (exact) mass is 480 g/mol. The number of aromatic nitrogens is 2.